The van der Waals surface area contributed by atoms with Gasteiger partial charge in [-0.15, -0.1) is 0 Å². The SMILES string of the molecule is C=C(COC(=O)n1cc(C(=O)c2cc(OC)c(OC)c(OC)c2)c2ccc(OC)cc21)C(=O)N1CCCCC1.Nc1ncnc2n[nH]c(-c3ccc(Oc4ccccc4)cc3)c12. The van der Waals surface area contributed by atoms with Crippen molar-refractivity contribution in [3.63, 3.8) is 0 Å². The molecule has 16 nitrogen and oxygen atoms in total. The lowest BCUT2D eigenvalue weighted by Gasteiger charge is -2.27. The predicted octanol–water partition coefficient (Wildman–Crippen LogP) is 7.85. The van der Waals surface area contributed by atoms with Crippen molar-refractivity contribution >= 4 is 45.5 Å². The summed E-state index contributed by atoms with van der Waals surface area (Å²) >= 11 is 0. The number of hydrogen-bond acceptors (Lipinski definition) is 13. The number of amides is 1. The van der Waals surface area contributed by atoms with Crippen molar-refractivity contribution in [1.82, 2.24) is 29.6 Å². The van der Waals surface area contributed by atoms with Crippen LogP contribution in [-0.4, -0.2) is 95.6 Å². The Kier molecular flexibility index (Phi) is 13.0. The molecule has 0 aliphatic carbocycles. The van der Waals surface area contributed by atoms with Gasteiger partial charge >= 0.3 is 6.09 Å². The van der Waals surface area contributed by atoms with Gasteiger partial charge in [-0.2, -0.15) is 5.10 Å². The molecule has 0 atom stereocenters. The number of hydrogen-bond donors (Lipinski definition) is 2. The van der Waals surface area contributed by atoms with E-state index < -0.39 is 6.09 Å². The van der Waals surface area contributed by atoms with Gasteiger partial charge in [-0.25, -0.2) is 14.8 Å². The number of likely N-dealkylation sites (tertiary alicyclic amines) is 1. The maximum Gasteiger partial charge on any atom is 0.418 e. The number of ether oxygens (including phenoxy) is 6. The van der Waals surface area contributed by atoms with Crippen LogP contribution in [0.2, 0.25) is 0 Å². The first kappa shape index (κ1) is 42.3. The quantitative estimate of drug-likeness (QED) is 0.0893. The standard InChI is InChI=1S/C29H32N2O8.C17H13N5O/c1-18(28(33)30-11-7-6-8-12-30)17-39-29(34)31-16-22(21-10-9-20(35-2)15-23(21)31)26(32)19-13-24(36-3)27(38-5)25(14-19)37-4;18-16-14-15(21-22-17(14)20-10-19-16)11-6-8-13(9-7-11)23-12-4-2-1-3-5-12/h9-10,13-16H,1,6-8,11-12,17H2,2-5H3;1-10H,(H3,18,19,20,21,22). The number of piperidine rings is 1. The van der Waals surface area contributed by atoms with Gasteiger partial charge in [0.25, 0.3) is 5.91 Å². The maximum atomic E-state index is 13.7. The van der Waals surface area contributed by atoms with Crippen molar-refractivity contribution in [2.24, 2.45) is 0 Å². The first-order valence-corrected chi connectivity index (χ1v) is 19.6. The van der Waals surface area contributed by atoms with E-state index in [1.54, 1.807) is 35.2 Å². The summed E-state index contributed by atoms with van der Waals surface area (Å²) in [5.74, 6) is 2.85. The molecule has 1 aliphatic rings. The molecule has 3 N–H and O–H groups in total. The highest BCUT2D eigenvalue weighted by atomic mass is 16.6. The number of nitrogens with two attached hydrogens (primary N) is 1. The van der Waals surface area contributed by atoms with E-state index in [0.29, 0.717) is 58.5 Å². The number of aromatic amines is 1. The number of rotatable bonds is 12. The molecule has 1 aliphatic heterocycles. The molecule has 3 aromatic heterocycles. The molecule has 318 valence electrons. The minimum Gasteiger partial charge on any atom is -0.497 e. The molecular formula is C46H45N7O9. The average Bonchev–Trinajstić information content (AvgIpc) is 3.93. The van der Waals surface area contributed by atoms with Crippen molar-refractivity contribution < 1.29 is 42.8 Å². The highest BCUT2D eigenvalue weighted by Crippen LogP contribution is 2.39. The molecular weight excluding hydrogens is 795 g/mol. The fourth-order valence-corrected chi connectivity index (χ4v) is 7.04. The zero-order valence-corrected chi connectivity index (χ0v) is 34.7. The number of aromatic nitrogens is 5. The number of H-pyrrole nitrogens is 1. The highest BCUT2D eigenvalue weighted by molar-refractivity contribution is 6.18. The number of benzene rings is 4. The van der Waals surface area contributed by atoms with Gasteiger partial charge in [0.05, 0.1) is 45.0 Å². The Morgan fingerprint density at radius 2 is 1.47 bits per heavy atom. The highest BCUT2D eigenvalue weighted by Gasteiger charge is 2.25. The Labute approximate surface area is 356 Å². The van der Waals surface area contributed by atoms with Gasteiger partial charge in [-0.1, -0.05) is 24.8 Å². The minimum atomic E-state index is -0.759. The summed E-state index contributed by atoms with van der Waals surface area (Å²) in [6.07, 6.45) is 5.03. The Morgan fingerprint density at radius 1 is 0.790 bits per heavy atom. The summed E-state index contributed by atoms with van der Waals surface area (Å²) in [4.78, 5) is 49.4. The first-order valence-electron chi connectivity index (χ1n) is 19.6. The Morgan fingerprint density at radius 3 is 2.13 bits per heavy atom. The smallest absolute Gasteiger partial charge is 0.418 e. The van der Waals surface area contributed by atoms with Gasteiger partial charge in [-0.05, 0) is 79.9 Å². The van der Waals surface area contributed by atoms with Gasteiger partial charge in [0.15, 0.2) is 22.9 Å². The van der Waals surface area contributed by atoms with E-state index in [4.69, 9.17) is 34.2 Å². The predicted molar refractivity (Wildman–Crippen MR) is 232 cm³/mol. The third-order valence-electron chi connectivity index (χ3n) is 10.2. The Hall–Kier alpha value is -7.88. The van der Waals surface area contributed by atoms with Crippen molar-refractivity contribution in [2.45, 2.75) is 19.3 Å². The monoisotopic (exact) mass is 839 g/mol. The number of ketones is 1. The van der Waals surface area contributed by atoms with Gasteiger partial charge in [0.2, 0.25) is 5.75 Å². The van der Waals surface area contributed by atoms with Crippen LogP contribution in [0.4, 0.5) is 10.6 Å². The third-order valence-corrected chi connectivity index (χ3v) is 10.2. The lowest BCUT2D eigenvalue weighted by molar-refractivity contribution is -0.128. The van der Waals surface area contributed by atoms with Crippen LogP contribution in [0, 0.1) is 0 Å². The molecule has 4 aromatic carbocycles. The topological polar surface area (TPSA) is 195 Å². The van der Waals surface area contributed by atoms with E-state index in [1.165, 1.54) is 45.5 Å². The van der Waals surface area contributed by atoms with Gasteiger partial charge in [0, 0.05) is 53.0 Å². The van der Waals surface area contributed by atoms with Crippen LogP contribution in [0.25, 0.3) is 33.2 Å². The van der Waals surface area contributed by atoms with Crippen LogP contribution in [0.3, 0.4) is 0 Å². The maximum absolute atomic E-state index is 13.7. The largest absolute Gasteiger partial charge is 0.497 e. The lowest BCUT2D eigenvalue weighted by Crippen LogP contribution is -2.37. The Balaban J connectivity index is 0.000000212. The molecule has 7 aromatic rings. The van der Waals surface area contributed by atoms with Crippen molar-refractivity contribution in [3.05, 3.63) is 121 Å². The zero-order valence-electron chi connectivity index (χ0n) is 34.7. The molecule has 0 radical (unpaired) electrons. The fraction of sp³-hybridized carbons (Fsp3) is 0.217. The van der Waals surface area contributed by atoms with Crippen LogP contribution in [0.5, 0.6) is 34.5 Å². The van der Waals surface area contributed by atoms with Crippen LogP contribution in [0.1, 0.15) is 35.2 Å². The summed E-state index contributed by atoms with van der Waals surface area (Å²) in [5, 5.41) is 8.36. The molecule has 16 heteroatoms. The number of carbonyl (C=O) groups excluding carboxylic acids is 3. The molecule has 1 saturated heterocycles. The molecule has 0 unspecified atom stereocenters. The molecule has 1 amide bonds. The number of nitrogens with zero attached hydrogens (tertiary/aromatic N) is 5. The van der Waals surface area contributed by atoms with E-state index in [2.05, 4.69) is 26.7 Å². The van der Waals surface area contributed by atoms with E-state index in [0.717, 1.165) is 47.4 Å². The number of anilines is 1. The number of nitrogen functional groups attached to an aromatic ring is 1. The van der Waals surface area contributed by atoms with Gasteiger partial charge in [-0.3, -0.25) is 19.3 Å². The second kappa shape index (κ2) is 19.0. The van der Waals surface area contributed by atoms with Gasteiger partial charge < -0.3 is 39.1 Å². The van der Waals surface area contributed by atoms with E-state index in [9.17, 15) is 14.4 Å². The van der Waals surface area contributed by atoms with Crippen molar-refractivity contribution in [3.8, 4) is 45.8 Å². The molecule has 8 rings (SSSR count). The molecule has 62 heavy (non-hydrogen) atoms. The summed E-state index contributed by atoms with van der Waals surface area (Å²) < 4.78 is 33.9. The molecule has 4 heterocycles. The summed E-state index contributed by atoms with van der Waals surface area (Å²) in [5.41, 5.74) is 9.34. The summed E-state index contributed by atoms with van der Waals surface area (Å²) in [6.45, 7) is 4.88. The van der Waals surface area contributed by atoms with Crippen molar-refractivity contribution in [2.75, 3.05) is 53.9 Å². The van der Waals surface area contributed by atoms with Crippen LogP contribution in [0.15, 0.2) is 110 Å². The molecule has 0 saturated carbocycles. The van der Waals surface area contributed by atoms with E-state index >= 15 is 0 Å². The second-order valence-electron chi connectivity index (χ2n) is 14.0. The summed E-state index contributed by atoms with van der Waals surface area (Å²) in [6, 6.07) is 25.4. The van der Waals surface area contributed by atoms with E-state index in [1.807, 2.05) is 54.6 Å². The summed E-state index contributed by atoms with van der Waals surface area (Å²) in [7, 11) is 5.90. The third kappa shape index (κ3) is 8.99. The molecule has 0 spiro atoms. The van der Waals surface area contributed by atoms with Gasteiger partial charge in [0.1, 0.15) is 36.0 Å². The minimum absolute atomic E-state index is 0.188. The number of fused-ring (bicyclic) bond motifs is 2. The van der Waals surface area contributed by atoms with Crippen LogP contribution in [-0.2, 0) is 9.53 Å². The fourth-order valence-electron chi connectivity index (χ4n) is 7.04. The number of carbonyl (C=O) groups is 3. The number of para-hydroxylation sites is 1. The zero-order chi connectivity index (χ0) is 43.8. The molecule has 0 bridgehead atoms. The normalized spacial score (nSPS) is 12.2. The van der Waals surface area contributed by atoms with Crippen LogP contribution < -0.4 is 29.4 Å². The number of methoxy groups -OCH3 is 4. The average molecular weight is 840 g/mol. The first-order chi connectivity index (χ1) is 30.1. The Bertz CT molecular complexity index is 2720. The molecule has 1 fully saturated rings. The van der Waals surface area contributed by atoms with Crippen LogP contribution >= 0.6 is 0 Å². The lowest BCUT2D eigenvalue weighted by atomic mass is 10.0. The second-order valence-corrected chi connectivity index (χ2v) is 14.0. The van der Waals surface area contributed by atoms with E-state index in [-0.39, 0.29) is 35.0 Å². The van der Waals surface area contributed by atoms with Crippen molar-refractivity contribution in [1.29, 1.82) is 0 Å². The number of nitrogens with one attached hydrogen (secondary N) is 1.